The third-order valence-electron chi connectivity index (χ3n) is 6.16. The molecular weight excluding hydrogens is 386 g/mol. The first-order valence-corrected chi connectivity index (χ1v) is 12.1. The highest BCUT2D eigenvalue weighted by Gasteiger charge is 2.43. The maximum absolute atomic E-state index is 12.9. The van der Waals surface area contributed by atoms with Gasteiger partial charge in [0.05, 0.1) is 16.0 Å². The zero-order valence-electron chi connectivity index (χ0n) is 18.4. The van der Waals surface area contributed by atoms with E-state index in [1.54, 1.807) is 12.1 Å². The van der Waals surface area contributed by atoms with E-state index in [9.17, 15) is 13.2 Å². The van der Waals surface area contributed by atoms with Crippen LogP contribution in [0.4, 0.5) is 0 Å². The largest absolute Gasteiger partial charge is 0.353 e. The molecule has 0 bridgehead atoms. The molecular formula is C22H36N3O3S+. The Labute approximate surface area is 175 Å². The molecule has 0 unspecified atom stereocenters. The maximum atomic E-state index is 12.9. The Bertz CT molecular complexity index is 823. The predicted molar refractivity (Wildman–Crippen MR) is 114 cm³/mol. The summed E-state index contributed by atoms with van der Waals surface area (Å²) in [7, 11) is -3.49. The monoisotopic (exact) mass is 422 g/mol. The van der Waals surface area contributed by atoms with E-state index >= 15 is 0 Å². The molecule has 0 aliphatic carbocycles. The number of nitrogens with one attached hydrogen (secondary N) is 1. The molecule has 0 aromatic heterocycles. The van der Waals surface area contributed by atoms with Gasteiger partial charge in [0.2, 0.25) is 15.9 Å². The van der Waals surface area contributed by atoms with Crippen LogP contribution in [0.2, 0.25) is 0 Å². The van der Waals surface area contributed by atoms with E-state index in [-0.39, 0.29) is 28.9 Å². The molecule has 1 amide bonds. The Morgan fingerprint density at radius 1 is 1.03 bits per heavy atom. The Balaban J connectivity index is 1.57. The number of benzene rings is 1. The molecule has 3 N–H and O–H groups in total. The van der Waals surface area contributed by atoms with E-state index in [4.69, 9.17) is 0 Å². The lowest BCUT2D eigenvalue weighted by molar-refractivity contribution is -0.787. The molecule has 162 valence electrons. The molecule has 3 rings (SSSR count). The third kappa shape index (κ3) is 5.38. The van der Waals surface area contributed by atoms with Gasteiger partial charge in [-0.1, -0.05) is 17.7 Å². The van der Waals surface area contributed by atoms with E-state index < -0.39 is 10.0 Å². The third-order valence-corrected chi connectivity index (χ3v) is 8.07. The van der Waals surface area contributed by atoms with Crippen LogP contribution in [0.5, 0.6) is 0 Å². The Hall–Kier alpha value is -1.44. The number of amides is 1. The summed E-state index contributed by atoms with van der Waals surface area (Å²) in [4.78, 5) is 13.2. The molecule has 1 aromatic carbocycles. The van der Waals surface area contributed by atoms with Gasteiger partial charge in [0, 0.05) is 37.9 Å². The minimum Gasteiger partial charge on any atom is -0.353 e. The van der Waals surface area contributed by atoms with Crippen LogP contribution in [0.25, 0.3) is 0 Å². The van der Waals surface area contributed by atoms with Gasteiger partial charge in [-0.2, -0.15) is 4.31 Å². The van der Waals surface area contributed by atoms with Gasteiger partial charge < -0.3 is 10.6 Å². The number of carbonyl (C=O) groups excluding carboxylic acids is 1. The highest BCUT2D eigenvalue weighted by atomic mass is 32.2. The highest BCUT2D eigenvalue weighted by Crippen LogP contribution is 2.26. The summed E-state index contributed by atoms with van der Waals surface area (Å²) in [5.41, 5.74) is 1.24. The van der Waals surface area contributed by atoms with Gasteiger partial charge in [-0.25, -0.2) is 8.42 Å². The standard InChI is InChI=1S/C22H35N3O3S/c1-16-6-8-19(9-7-16)29(27,28)25-12-10-17(11-13-25)20(26)23-18-14-21(2,3)24-22(4,5)15-18/h6-9,17-18,24H,10-15H2,1-5H3,(H,23,26)/p+1. The second-order valence-electron chi connectivity index (χ2n) is 10.2. The Morgan fingerprint density at radius 2 is 1.55 bits per heavy atom. The molecule has 1 aromatic rings. The summed E-state index contributed by atoms with van der Waals surface area (Å²) >= 11 is 0. The Morgan fingerprint density at radius 3 is 2.07 bits per heavy atom. The van der Waals surface area contributed by atoms with Gasteiger partial charge in [-0.15, -0.1) is 0 Å². The van der Waals surface area contributed by atoms with Crippen LogP contribution in [-0.2, 0) is 14.8 Å². The van der Waals surface area contributed by atoms with Crippen molar-refractivity contribution in [2.75, 3.05) is 13.1 Å². The normalized spacial score (nSPS) is 23.6. The van der Waals surface area contributed by atoms with Gasteiger partial charge in [0.25, 0.3) is 0 Å². The number of hydrogen-bond donors (Lipinski definition) is 2. The van der Waals surface area contributed by atoms with Crippen LogP contribution in [0.3, 0.4) is 0 Å². The molecule has 0 atom stereocenters. The number of piperidine rings is 2. The van der Waals surface area contributed by atoms with Crippen LogP contribution >= 0.6 is 0 Å². The average molecular weight is 423 g/mol. The van der Waals surface area contributed by atoms with Crippen LogP contribution in [-0.4, -0.2) is 48.8 Å². The van der Waals surface area contributed by atoms with E-state index in [1.165, 1.54) is 4.31 Å². The molecule has 6 nitrogen and oxygen atoms in total. The van der Waals surface area contributed by atoms with Gasteiger partial charge in [0.15, 0.2) is 0 Å². The highest BCUT2D eigenvalue weighted by molar-refractivity contribution is 7.89. The first-order valence-electron chi connectivity index (χ1n) is 10.6. The molecule has 2 aliphatic heterocycles. The summed E-state index contributed by atoms with van der Waals surface area (Å²) < 4.78 is 27.2. The fourth-order valence-electron chi connectivity index (χ4n) is 5.16. The van der Waals surface area contributed by atoms with Crippen molar-refractivity contribution in [2.45, 2.75) is 82.3 Å². The van der Waals surface area contributed by atoms with Gasteiger partial charge in [-0.05, 0) is 59.6 Å². The van der Waals surface area contributed by atoms with Crippen LogP contribution in [0.15, 0.2) is 29.2 Å². The van der Waals surface area contributed by atoms with E-state index in [2.05, 4.69) is 38.3 Å². The molecule has 7 heteroatoms. The minimum atomic E-state index is -3.49. The van der Waals surface area contributed by atoms with Gasteiger partial charge in [-0.3, -0.25) is 4.79 Å². The van der Waals surface area contributed by atoms with Gasteiger partial charge in [0.1, 0.15) is 0 Å². The molecule has 29 heavy (non-hydrogen) atoms. The molecule has 2 fully saturated rings. The van der Waals surface area contributed by atoms with Crippen LogP contribution in [0, 0.1) is 12.8 Å². The second kappa shape index (κ2) is 8.00. The quantitative estimate of drug-likeness (QED) is 0.776. The molecule has 0 spiro atoms. The summed E-state index contributed by atoms with van der Waals surface area (Å²) in [6.07, 6.45) is 3.04. The smallest absolute Gasteiger partial charge is 0.243 e. The van der Waals surface area contributed by atoms with Crippen molar-refractivity contribution in [3.63, 3.8) is 0 Å². The fraction of sp³-hybridized carbons (Fsp3) is 0.682. The average Bonchev–Trinajstić information content (AvgIpc) is 2.59. The van der Waals surface area contributed by atoms with E-state index in [1.807, 2.05) is 19.1 Å². The number of hydrogen-bond acceptors (Lipinski definition) is 3. The summed E-state index contributed by atoms with van der Waals surface area (Å²) in [5.74, 6) is -0.0347. The number of nitrogens with two attached hydrogens (primary N) is 1. The fourth-order valence-corrected chi connectivity index (χ4v) is 6.63. The first kappa shape index (κ1) is 22.2. The number of sulfonamides is 1. The zero-order chi connectivity index (χ0) is 21.4. The van der Waals surface area contributed by atoms with Crippen molar-refractivity contribution in [3.8, 4) is 0 Å². The first-order chi connectivity index (χ1) is 13.4. The maximum Gasteiger partial charge on any atom is 0.243 e. The summed E-state index contributed by atoms with van der Waals surface area (Å²) in [6, 6.07) is 7.13. The molecule has 0 radical (unpaired) electrons. The lowest BCUT2D eigenvalue weighted by Crippen LogP contribution is -3.06. The van der Waals surface area contributed by atoms with Crippen molar-refractivity contribution < 1.29 is 18.5 Å². The molecule has 2 aliphatic rings. The SMILES string of the molecule is Cc1ccc(S(=O)(=O)N2CCC(C(=O)NC3CC(C)(C)[NH2+]C(C)(C)C3)CC2)cc1. The van der Waals surface area contributed by atoms with E-state index in [0.29, 0.717) is 30.8 Å². The number of quaternary nitrogens is 1. The summed E-state index contributed by atoms with van der Waals surface area (Å²) in [6.45, 7) is 11.6. The lowest BCUT2D eigenvalue weighted by atomic mass is 9.79. The minimum absolute atomic E-state index is 0.0795. The van der Waals surface area contributed by atoms with Crippen molar-refractivity contribution >= 4 is 15.9 Å². The van der Waals surface area contributed by atoms with Crippen molar-refractivity contribution in [2.24, 2.45) is 5.92 Å². The predicted octanol–water partition coefficient (Wildman–Crippen LogP) is 1.79. The van der Waals surface area contributed by atoms with Crippen LogP contribution < -0.4 is 10.6 Å². The van der Waals surface area contributed by atoms with Crippen molar-refractivity contribution in [3.05, 3.63) is 29.8 Å². The number of aryl methyl sites for hydroxylation is 1. The van der Waals surface area contributed by atoms with E-state index in [0.717, 1.165) is 18.4 Å². The van der Waals surface area contributed by atoms with Crippen molar-refractivity contribution in [1.82, 2.24) is 9.62 Å². The lowest BCUT2D eigenvalue weighted by Gasteiger charge is -2.43. The summed E-state index contributed by atoms with van der Waals surface area (Å²) in [5, 5.41) is 5.66. The number of rotatable bonds is 4. The Kier molecular flexibility index (Phi) is 6.14. The molecule has 0 saturated carbocycles. The van der Waals surface area contributed by atoms with Crippen molar-refractivity contribution in [1.29, 1.82) is 0 Å². The number of carbonyl (C=O) groups is 1. The molecule has 2 saturated heterocycles. The molecule has 2 heterocycles. The zero-order valence-corrected chi connectivity index (χ0v) is 19.2. The van der Waals surface area contributed by atoms with Crippen LogP contribution in [0.1, 0.15) is 58.9 Å². The topological polar surface area (TPSA) is 83.1 Å². The second-order valence-corrected chi connectivity index (χ2v) is 12.2. The number of nitrogens with zero attached hydrogens (tertiary/aromatic N) is 1. The van der Waals surface area contributed by atoms with Gasteiger partial charge >= 0.3 is 0 Å².